The van der Waals surface area contributed by atoms with E-state index in [1.54, 1.807) is 6.08 Å². The molecule has 0 amide bonds. The summed E-state index contributed by atoms with van der Waals surface area (Å²) in [7, 11) is 0. The zero-order valence-corrected chi connectivity index (χ0v) is 23.9. The van der Waals surface area contributed by atoms with Crippen molar-refractivity contribution in [1.29, 1.82) is 0 Å². The van der Waals surface area contributed by atoms with Crippen molar-refractivity contribution in [2.45, 2.75) is 72.6 Å². The molecule has 0 radical (unpaired) electrons. The third-order valence-corrected chi connectivity index (χ3v) is 22.5. The Morgan fingerprint density at radius 3 is 2.09 bits per heavy atom. The molecule has 0 spiro atoms. The van der Waals surface area contributed by atoms with E-state index in [1.807, 2.05) is 30.3 Å². The molecule has 1 aliphatic heterocycles. The number of aliphatic hydroxyl groups is 1. The second kappa shape index (κ2) is 13.3. The molecular formula is C29H40O4Sn. The first-order valence-corrected chi connectivity index (χ1v) is 20.5. The van der Waals surface area contributed by atoms with Gasteiger partial charge in [-0.25, -0.2) is 0 Å². The minimum absolute atomic E-state index is 0.0147. The van der Waals surface area contributed by atoms with Gasteiger partial charge in [0, 0.05) is 0 Å². The molecule has 0 unspecified atom stereocenters. The first kappa shape index (κ1) is 26.8. The number of unbranched alkanes of at least 4 members (excludes halogenated alkanes) is 3. The molecule has 0 saturated heterocycles. The van der Waals surface area contributed by atoms with Crippen LogP contribution in [-0.4, -0.2) is 42.5 Å². The van der Waals surface area contributed by atoms with Gasteiger partial charge in [0.15, 0.2) is 0 Å². The van der Waals surface area contributed by atoms with Crippen LogP contribution in [0.1, 0.15) is 75.2 Å². The Labute approximate surface area is 209 Å². The predicted molar refractivity (Wildman–Crippen MR) is 143 cm³/mol. The van der Waals surface area contributed by atoms with Crippen LogP contribution < -0.4 is 13.1 Å². The van der Waals surface area contributed by atoms with E-state index in [9.17, 15) is 4.79 Å². The summed E-state index contributed by atoms with van der Waals surface area (Å²) < 4.78 is 17.1. The standard InChI is InChI=1S/C17H13O4.3C4H9.Sn/c18-9-10-20-13-7-5-12(6-8-13)11-16-17(19)14-3-1-2-4-15(14)21-16;3*1-3-4-2;/h2-8,11,18H,9-10H2;3*1,3-4H2,2H3;/b16-11-;;;;. The summed E-state index contributed by atoms with van der Waals surface area (Å²) in [5.74, 6) is 1.74. The number of rotatable bonds is 14. The average molecular weight is 571 g/mol. The third-order valence-electron chi connectivity index (χ3n) is 6.84. The van der Waals surface area contributed by atoms with Gasteiger partial charge in [-0.3, -0.25) is 0 Å². The van der Waals surface area contributed by atoms with E-state index >= 15 is 0 Å². The Kier molecular flexibility index (Phi) is 10.5. The van der Waals surface area contributed by atoms with E-state index < -0.39 is 18.4 Å². The van der Waals surface area contributed by atoms with Crippen LogP contribution in [0.3, 0.4) is 0 Å². The predicted octanol–water partition coefficient (Wildman–Crippen LogP) is 6.73. The monoisotopic (exact) mass is 572 g/mol. The second-order valence-electron chi connectivity index (χ2n) is 9.38. The Hall–Kier alpha value is -1.79. The van der Waals surface area contributed by atoms with E-state index in [-0.39, 0.29) is 19.0 Å². The molecule has 1 heterocycles. The van der Waals surface area contributed by atoms with Crippen LogP contribution in [-0.2, 0) is 0 Å². The summed E-state index contributed by atoms with van der Waals surface area (Å²) in [6.07, 6.45) is 9.41. The van der Waals surface area contributed by atoms with Crippen molar-refractivity contribution in [3.05, 3.63) is 59.4 Å². The number of ketones is 1. The number of allylic oxidation sites excluding steroid dienone is 1. The van der Waals surface area contributed by atoms with Gasteiger partial charge in [0.05, 0.1) is 6.61 Å². The Morgan fingerprint density at radius 2 is 1.53 bits per heavy atom. The normalized spacial score (nSPS) is 14.4. The zero-order chi connectivity index (χ0) is 24.4. The topological polar surface area (TPSA) is 55.8 Å². The van der Waals surface area contributed by atoms with Crippen LogP contribution in [0, 0.1) is 0 Å². The fourth-order valence-electron chi connectivity index (χ4n) is 4.85. The quantitative estimate of drug-likeness (QED) is 0.202. The van der Waals surface area contributed by atoms with Crippen molar-refractivity contribution in [3.63, 3.8) is 0 Å². The summed E-state index contributed by atoms with van der Waals surface area (Å²) in [5.41, 5.74) is 1.62. The molecule has 0 aromatic heterocycles. The summed E-state index contributed by atoms with van der Waals surface area (Å²) >= 11 is -2.61. The van der Waals surface area contributed by atoms with Crippen LogP contribution in [0.15, 0.2) is 48.2 Å². The number of carbonyl (C=O) groups is 1. The second-order valence-corrected chi connectivity index (χ2v) is 22.6. The molecule has 4 nitrogen and oxygen atoms in total. The molecule has 0 saturated carbocycles. The number of fused-ring (bicyclic) bond motifs is 1. The summed E-state index contributed by atoms with van der Waals surface area (Å²) in [4.78, 5) is 13.3. The van der Waals surface area contributed by atoms with E-state index in [0.717, 1.165) is 11.1 Å². The molecule has 5 heteroatoms. The van der Waals surface area contributed by atoms with Crippen LogP contribution >= 0.6 is 0 Å². The number of ether oxygens (including phenoxy) is 2. The van der Waals surface area contributed by atoms with Gasteiger partial charge in [0.1, 0.15) is 0 Å². The number of aliphatic hydroxyl groups excluding tert-OH is 1. The molecular weight excluding hydrogens is 531 g/mol. The number of benzene rings is 2. The van der Waals surface area contributed by atoms with Crippen molar-refractivity contribution in [3.8, 4) is 11.5 Å². The Bertz CT molecular complexity index is 943. The molecule has 2 aromatic carbocycles. The van der Waals surface area contributed by atoms with Crippen molar-refractivity contribution in [2.24, 2.45) is 0 Å². The van der Waals surface area contributed by atoms with Gasteiger partial charge in [-0.05, 0) is 0 Å². The molecule has 3 rings (SSSR count). The number of carbonyl (C=O) groups excluding carboxylic acids is 1. The van der Waals surface area contributed by atoms with Gasteiger partial charge in [-0.15, -0.1) is 0 Å². The van der Waals surface area contributed by atoms with Crippen LogP contribution in [0.2, 0.25) is 13.3 Å². The molecule has 0 atom stereocenters. The molecule has 2 aromatic rings. The number of hydrogen-bond acceptors (Lipinski definition) is 4. The zero-order valence-electron chi connectivity index (χ0n) is 21.1. The molecule has 0 fully saturated rings. The molecule has 1 aliphatic rings. The van der Waals surface area contributed by atoms with Gasteiger partial charge >= 0.3 is 198 Å². The maximum absolute atomic E-state index is 13.3. The molecule has 34 heavy (non-hydrogen) atoms. The molecule has 1 N–H and O–H groups in total. The minimum atomic E-state index is -2.61. The number of Topliss-reactive ketones (excluding diaryl/α,β-unsaturated/α-hetero) is 1. The molecule has 0 bridgehead atoms. The van der Waals surface area contributed by atoms with Gasteiger partial charge in [-0.2, -0.15) is 0 Å². The fourth-order valence-corrected chi connectivity index (χ4v) is 20.8. The van der Waals surface area contributed by atoms with E-state index in [1.165, 1.54) is 55.4 Å². The SMILES string of the molecule is CCC[CH2][Sn]([CH2]CCC)([CH2]CCC)[c]1ccc2c(c1)C(=O)/C(=C/c1ccc(OCCO)cc1)O2. The van der Waals surface area contributed by atoms with E-state index in [0.29, 0.717) is 17.3 Å². The summed E-state index contributed by atoms with van der Waals surface area (Å²) in [6, 6.07) is 14.0. The van der Waals surface area contributed by atoms with E-state index in [2.05, 4.69) is 32.9 Å². The summed E-state index contributed by atoms with van der Waals surface area (Å²) in [5, 5.41) is 8.90. The van der Waals surface area contributed by atoms with Gasteiger partial charge in [-0.1, -0.05) is 0 Å². The molecule has 184 valence electrons. The van der Waals surface area contributed by atoms with Crippen LogP contribution in [0.25, 0.3) is 6.08 Å². The third kappa shape index (κ3) is 6.66. The van der Waals surface area contributed by atoms with Crippen molar-refractivity contribution in [2.75, 3.05) is 13.2 Å². The fraction of sp³-hybridized carbons (Fsp3) is 0.483. The molecule has 0 aliphatic carbocycles. The first-order valence-electron chi connectivity index (χ1n) is 13.0. The van der Waals surface area contributed by atoms with Crippen molar-refractivity contribution < 1.29 is 19.4 Å². The summed E-state index contributed by atoms with van der Waals surface area (Å²) in [6.45, 7) is 7.12. The van der Waals surface area contributed by atoms with E-state index in [4.69, 9.17) is 14.6 Å². The van der Waals surface area contributed by atoms with Crippen molar-refractivity contribution >= 4 is 33.8 Å². The maximum atomic E-state index is 13.3. The average Bonchev–Trinajstić information content (AvgIpc) is 3.18. The van der Waals surface area contributed by atoms with Crippen LogP contribution in [0.4, 0.5) is 0 Å². The van der Waals surface area contributed by atoms with Gasteiger partial charge in [0.25, 0.3) is 0 Å². The Morgan fingerprint density at radius 1 is 0.912 bits per heavy atom. The van der Waals surface area contributed by atoms with Crippen molar-refractivity contribution in [1.82, 2.24) is 0 Å². The number of hydrogen-bond donors (Lipinski definition) is 1. The van der Waals surface area contributed by atoms with Gasteiger partial charge in [0.2, 0.25) is 0 Å². The van der Waals surface area contributed by atoms with Crippen LogP contribution in [0.5, 0.6) is 11.5 Å². The van der Waals surface area contributed by atoms with Gasteiger partial charge < -0.3 is 5.11 Å². The Balaban J connectivity index is 1.87. The first-order chi connectivity index (χ1) is 16.6.